The van der Waals surface area contributed by atoms with Gasteiger partial charge in [0.05, 0.1) is 46.1 Å². The Labute approximate surface area is 764 Å². The van der Waals surface area contributed by atoms with Crippen molar-refractivity contribution in [1.82, 2.24) is 46.6 Å². The third-order valence-electron chi connectivity index (χ3n) is 17.7. The average molecular weight is 1840 g/mol. The van der Waals surface area contributed by atoms with Gasteiger partial charge in [0.15, 0.2) is 20.6 Å². The summed E-state index contributed by atoms with van der Waals surface area (Å²) in [7, 11) is -1.97. The molecule has 13 rings (SSSR count). The van der Waals surface area contributed by atoms with Crippen molar-refractivity contribution in [3.8, 4) is 45.9 Å². The quantitative estimate of drug-likeness (QED) is 0.00826. The summed E-state index contributed by atoms with van der Waals surface area (Å²) in [5.41, 5.74) is 25.4. The number of benzene rings is 8. The summed E-state index contributed by atoms with van der Waals surface area (Å²) in [4.78, 5) is 39.2. The van der Waals surface area contributed by atoms with Gasteiger partial charge >= 0.3 is 6.18 Å². The molecule has 2 fully saturated rings. The minimum absolute atomic E-state index is 0.0488. The molecule has 1 saturated carbocycles. The number of rotatable bonds is 27. The summed E-state index contributed by atoms with van der Waals surface area (Å²) < 4.78 is 96.0. The molecular formula is C93H107F4N21O9S3. The van der Waals surface area contributed by atoms with Crippen molar-refractivity contribution in [1.29, 1.82) is 0 Å². The first-order valence-corrected chi connectivity index (χ1v) is 42.7. The van der Waals surface area contributed by atoms with Crippen LogP contribution in [0.15, 0.2) is 245 Å². The van der Waals surface area contributed by atoms with Gasteiger partial charge in [0.25, 0.3) is 11.8 Å². The smallest absolute Gasteiger partial charge is 0.435 e. The average Bonchev–Trinajstić information content (AvgIpc) is 1.29. The number of hydrogen-bond donors (Lipinski definition) is 7. The van der Waals surface area contributed by atoms with Crippen LogP contribution in [0.1, 0.15) is 122 Å². The number of oxime groups is 1. The van der Waals surface area contributed by atoms with Gasteiger partial charge < -0.3 is 29.1 Å². The molecule has 1 unspecified atom stereocenters. The second-order valence-electron chi connectivity index (χ2n) is 27.9. The lowest BCUT2D eigenvalue weighted by Gasteiger charge is -2.23. The number of terminal acetylenes is 1. The zero-order valence-electron chi connectivity index (χ0n) is 73.4. The third kappa shape index (κ3) is 39.5. The predicted molar refractivity (Wildman–Crippen MR) is 519 cm³/mol. The fourth-order valence-corrected chi connectivity index (χ4v) is 13.2. The van der Waals surface area contributed by atoms with E-state index in [2.05, 4.69) is 235 Å². The first-order chi connectivity index (χ1) is 62.4. The van der Waals surface area contributed by atoms with Crippen LogP contribution in [0.2, 0.25) is 0 Å². The molecule has 3 aromatic heterocycles. The lowest BCUT2D eigenvalue weighted by molar-refractivity contribution is -0.161. The van der Waals surface area contributed by atoms with Gasteiger partial charge in [0, 0.05) is 89.9 Å². The summed E-state index contributed by atoms with van der Waals surface area (Å²) in [5.74, 6) is 2.51. The lowest BCUT2D eigenvalue weighted by Crippen LogP contribution is -2.40. The molecule has 0 bridgehead atoms. The number of halogens is 4. The van der Waals surface area contributed by atoms with Crippen molar-refractivity contribution < 1.29 is 59.4 Å². The van der Waals surface area contributed by atoms with Gasteiger partial charge in [-0.3, -0.25) is 50.9 Å². The van der Waals surface area contributed by atoms with Gasteiger partial charge in [0.1, 0.15) is 52.9 Å². The van der Waals surface area contributed by atoms with E-state index in [1.807, 2.05) is 122 Å². The van der Waals surface area contributed by atoms with Crippen molar-refractivity contribution in [2.24, 2.45) is 52.8 Å². The topological polar surface area (TPSA) is 366 Å². The Balaban J connectivity index is 0.000000260. The normalized spacial score (nSPS) is 12.1. The van der Waals surface area contributed by atoms with Crippen LogP contribution in [-0.4, -0.2) is 142 Å². The standard InChI is InChI=1S/C15H16N2O.C14H14N2O.C12H11FN2O2.C12H12N2.C10H10N4S.C9H11NO2S.C8H15N3S.C7H7F3N4O.C6H11NO2/c1-12-3-5-13(6-4-12)11-18-15-9-7-14(8-10-15)17-16-2;1-11-3-7-13(8-4-11)17-14-9-5-12(6-10-14)16-15-2;1-4-5-17-11-7-9(12(16)15-14-3)10(13)6-8(11)2;1-9-3-4-11-10(8-13-2)5-6-14-12(11)7-9;1-7-3-5-8(6-4-7)9-12-14-10(15-9)13-11-2;1-8-3-5-9(6-4-8)13(11,12)7-10-2;1-9-11-8(12)10-7-5-3-2-4-6-7;1-11-12-6(15)4-3-14(2)13-5(4)7(8,9)10;1-7-9-6-4-2-3-5-8-6/h3-10,17H,2,11H2,1H3;3-10,16H,2H2,1H3;1,6-7H,3,5H2,2H3,(H,15,16);3-7H,2,8H2,1H3;3-6H,2H2,1H3,(H,13,14);3-6H,2,7H2,1H3;7H,1-6H2,(H2,10,11,12);3H,1H2,2H3,(H,12,15);6H,1-5H2. The molecule has 37 heteroatoms. The Kier molecular flexibility index (Phi) is 47.2. The van der Waals surface area contributed by atoms with Gasteiger partial charge in [-0.15, -0.1) is 16.6 Å². The van der Waals surface area contributed by atoms with Crippen LogP contribution in [0.4, 0.5) is 34.1 Å². The molecule has 2 amide bonds. The molecule has 1 aliphatic heterocycles. The van der Waals surface area contributed by atoms with Crippen LogP contribution < -0.4 is 52.1 Å². The van der Waals surface area contributed by atoms with E-state index < -0.39 is 44.9 Å². The number of aromatic nitrogens is 5. The van der Waals surface area contributed by atoms with Crippen molar-refractivity contribution in [3.05, 3.63) is 262 Å². The zero-order valence-corrected chi connectivity index (χ0v) is 75.9. The van der Waals surface area contributed by atoms with E-state index in [4.69, 9.17) is 42.4 Å². The SMILES string of the molecule is C#CCOc1cc(C(=O)NN=C)c(F)cc1C.C=NCS(=O)(=O)c1ccc(C)cc1.C=NCc1ccnc2cc(C)ccc12.C=NNC(=O)c1cn(C)nc1C(F)(F)F.C=NNC(=S)NC1CCCCC1.C=NNc1ccc(OCc2ccc(C)cc2)cc1.C=NNc1ccc(Oc2ccc(C)cc2)cc1.C=NNc1nnc(-c2ccc(C)cc2)s1.C=NOC1CCCCO1. The molecule has 1 atom stereocenters. The molecule has 684 valence electrons. The number of aryl methyl sites for hydroxylation is 7. The highest BCUT2D eigenvalue weighted by Crippen LogP contribution is 2.32. The van der Waals surface area contributed by atoms with Crippen LogP contribution in [0.5, 0.6) is 23.0 Å². The molecule has 130 heavy (non-hydrogen) atoms. The number of ether oxygens (including phenoxy) is 4. The fraction of sp³-hybridized carbons (Fsp3) is 0.247. The highest BCUT2D eigenvalue weighted by atomic mass is 32.2. The van der Waals surface area contributed by atoms with Crippen molar-refractivity contribution in [2.75, 3.05) is 35.4 Å². The summed E-state index contributed by atoms with van der Waals surface area (Å²) in [5, 5.41) is 41.3. The van der Waals surface area contributed by atoms with E-state index >= 15 is 0 Å². The number of thiocarbonyl (C=S) groups is 1. The number of hydrazone groups is 6. The molecule has 30 nitrogen and oxygen atoms in total. The molecule has 11 aromatic rings. The van der Waals surface area contributed by atoms with Crippen LogP contribution >= 0.6 is 23.6 Å². The molecule has 0 spiro atoms. The number of aliphatic imine (C=N–C) groups is 2. The van der Waals surface area contributed by atoms with Gasteiger partial charge in [-0.25, -0.2) is 23.7 Å². The first-order valence-electron chi connectivity index (χ1n) is 39.9. The van der Waals surface area contributed by atoms with Crippen LogP contribution in [0, 0.1) is 59.7 Å². The van der Waals surface area contributed by atoms with Crippen molar-refractivity contribution in [3.63, 3.8) is 0 Å². The van der Waals surface area contributed by atoms with Crippen molar-refractivity contribution in [2.45, 2.75) is 129 Å². The van der Waals surface area contributed by atoms with Crippen LogP contribution in [0.3, 0.4) is 0 Å². The number of anilines is 3. The Morgan fingerprint density at radius 2 is 1.15 bits per heavy atom. The highest BCUT2D eigenvalue weighted by Gasteiger charge is 2.39. The Hall–Kier alpha value is -14.6. The fourth-order valence-electron chi connectivity index (χ4n) is 11.3. The second-order valence-corrected chi connectivity index (χ2v) is 31.3. The van der Waals surface area contributed by atoms with E-state index in [0.717, 1.165) is 86.2 Å². The Bertz CT molecular complexity index is 5600. The maximum atomic E-state index is 13.5. The summed E-state index contributed by atoms with van der Waals surface area (Å²) in [6.07, 6.45) is 12.7. The molecule has 0 radical (unpaired) electrons. The van der Waals surface area contributed by atoms with Crippen LogP contribution in [-0.2, 0) is 45.8 Å². The van der Waals surface area contributed by atoms with E-state index in [0.29, 0.717) is 45.6 Å². The van der Waals surface area contributed by atoms with Gasteiger partial charge in [-0.05, 0) is 212 Å². The number of carbonyl (C=O) groups is 2. The molecule has 8 aromatic carbocycles. The summed E-state index contributed by atoms with van der Waals surface area (Å²) >= 11 is 6.43. The number of nitrogens with zero attached hydrogens (tertiary/aromatic N) is 14. The largest absolute Gasteiger partial charge is 0.489 e. The number of hydrogen-bond acceptors (Lipinski definition) is 27. The molecule has 7 N–H and O–H groups in total. The molecule has 1 saturated heterocycles. The van der Waals surface area contributed by atoms with E-state index in [1.54, 1.807) is 31.2 Å². The predicted octanol–water partition coefficient (Wildman–Crippen LogP) is 18.9. The Morgan fingerprint density at radius 1 is 0.615 bits per heavy atom. The molecule has 1 aliphatic carbocycles. The summed E-state index contributed by atoms with van der Waals surface area (Å²) in [6.45, 7) is 43.1. The first kappa shape index (κ1) is 106. The van der Waals surface area contributed by atoms with E-state index in [1.165, 1.54) is 102 Å². The van der Waals surface area contributed by atoms with Gasteiger partial charge in [-0.2, -0.15) is 48.9 Å². The maximum Gasteiger partial charge on any atom is 0.435 e. The number of amides is 2. The maximum absolute atomic E-state index is 13.5. The number of alkyl halides is 3. The lowest BCUT2D eigenvalue weighted by atomic mass is 9.96. The summed E-state index contributed by atoms with van der Waals surface area (Å²) in [6, 6.07) is 57.5. The van der Waals surface area contributed by atoms with Crippen LogP contribution in [0.25, 0.3) is 21.5 Å². The number of carbonyl (C=O) groups excluding carboxylic acids is 2. The number of sulfone groups is 1. The zero-order chi connectivity index (χ0) is 95.2. The Morgan fingerprint density at radius 3 is 1.68 bits per heavy atom. The second kappa shape index (κ2) is 57.9. The minimum atomic E-state index is -4.67. The van der Waals surface area contributed by atoms with E-state index in [-0.39, 0.29) is 24.3 Å². The molecular weight excluding hydrogens is 1730 g/mol. The van der Waals surface area contributed by atoms with Gasteiger partial charge in [0.2, 0.25) is 11.4 Å². The monoisotopic (exact) mass is 1830 g/mol. The van der Waals surface area contributed by atoms with Crippen molar-refractivity contribution >= 4 is 138 Å². The third-order valence-corrected chi connectivity index (χ3v) is 20.3. The molecule has 2 aliphatic rings. The molecule has 4 heterocycles. The van der Waals surface area contributed by atoms with Gasteiger partial charge in [-0.1, -0.05) is 149 Å². The highest BCUT2D eigenvalue weighted by molar-refractivity contribution is 7.91. The van der Waals surface area contributed by atoms with E-state index in [9.17, 15) is 35.6 Å². The number of pyridine rings is 1. The number of nitrogens with one attached hydrogen (secondary N) is 7. The number of fused-ring (bicyclic) bond motifs is 1. The minimum Gasteiger partial charge on any atom is -0.489 e.